The lowest BCUT2D eigenvalue weighted by molar-refractivity contribution is 0.350. The molecule has 18 heavy (non-hydrogen) atoms. The van der Waals surface area contributed by atoms with Crippen molar-refractivity contribution in [3.05, 3.63) is 28.8 Å². The number of aliphatic hydroxyl groups excluding tert-OH is 1. The first kappa shape index (κ1) is 15.0. The monoisotopic (exact) mass is 288 g/mol. The fraction of sp³-hybridized carbons (Fsp3) is 0.273. The fourth-order valence-corrected chi connectivity index (χ4v) is 2.85. The second-order valence-corrected chi connectivity index (χ2v) is 5.63. The summed E-state index contributed by atoms with van der Waals surface area (Å²) in [7, 11) is -0.557. The third-order valence-electron chi connectivity index (χ3n) is 1.84. The molecule has 7 heteroatoms. The highest BCUT2D eigenvalue weighted by Gasteiger charge is 2.18. The molecule has 0 fully saturated rings. The van der Waals surface area contributed by atoms with Crippen molar-refractivity contribution >= 4 is 21.6 Å². The number of benzene rings is 1. The van der Waals surface area contributed by atoms with Crippen LogP contribution < -0.4 is 4.83 Å². The molecule has 1 rings (SSSR count). The van der Waals surface area contributed by atoms with Crippen LogP contribution >= 0.6 is 11.6 Å². The molecular weight excluding hydrogens is 276 g/mol. The largest absolute Gasteiger partial charge is 0.384 e. The van der Waals surface area contributed by atoms with E-state index in [9.17, 15) is 8.42 Å². The Bertz CT molecular complexity index is 588. The molecule has 0 bridgehead atoms. The topological polar surface area (TPSA) is 69.6 Å². The zero-order chi connectivity index (χ0) is 13.8. The maximum atomic E-state index is 11.9. The van der Waals surface area contributed by atoms with E-state index in [4.69, 9.17) is 16.7 Å². The van der Waals surface area contributed by atoms with Gasteiger partial charge in [0.1, 0.15) is 11.5 Å². The number of nitrogens with one attached hydrogen (secondary N) is 1. The highest BCUT2D eigenvalue weighted by atomic mass is 35.5. The predicted octanol–water partition coefficient (Wildman–Crippen LogP) is 0.439. The highest BCUT2D eigenvalue weighted by Crippen LogP contribution is 2.22. The van der Waals surface area contributed by atoms with E-state index >= 15 is 0 Å². The molecule has 0 amide bonds. The summed E-state index contributed by atoms with van der Waals surface area (Å²) in [4.78, 5) is 2.26. The molecule has 1 aromatic carbocycles. The number of nitrogens with zero attached hydrogens (tertiary/aromatic N) is 1. The van der Waals surface area contributed by atoms with Crippen molar-refractivity contribution in [1.29, 1.82) is 0 Å². The summed E-state index contributed by atoms with van der Waals surface area (Å²) < 4.78 is 23.8. The predicted molar refractivity (Wildman–Crippen MR) is 69.4 cm³/mol. The van der Waals surface area contributed by atoms with Gasteiger partial charge in [0.05, 0.1) is 5.02 Å². The van der Waals surface area contributed by atoms with E-state index < -0.39 is 10.0 Å². The van der Waals surface area contributed by atoms with Crippen LogP contribution in [0.2, 0.25) is 5.02 Å². The van der Waals surface area contributed by atoms with Gasteiger partial charge in [-0.25, -0.2) is 13.4 Å². The maximum Gasteiger partial charge on any atom is 0.254 e. The van der Waals surface area contributed by atoms with Crippen LogP contribution in [0.1, 0.15) is 5.56 Å². The molecule has 0 unspecified atom stereocenters. The Morgan fingerprint density at radius 1 is 1.44 bits per heavy atom. The van der Waals surface area contributed by atoms with Crippen molar-refractivity contribution in [2.24, 2.45) is 0 Å². The Kier molecular flexibility index (Phi) is 5.14. The zero-order valence-electron chi connectivity index (χ0n) is 9.94. The first-order chi connectivity index (χ1) is 8.36. The smallest absolute Gasteiger partial charge is 0.254 e. The summed E-state index contributed by atoms with van der Waals surface area (Å²) in [5, 5.41) is 9.95. The van der Waals surface area contributed by atoms with Gasteiger partial charge in [0.2, 0.25) is 0 Å². The Morgan fingerprint density at radius 3 is 2.61 bits per heavy atom. The molecule has 0 aliphatic heterocycles. The number of hydrazine groups is 1. The summed E-state index contributed by atoms with van der Waals surface area (Å²) in [6.07, 6.45) is 0. The summed E-state index contributed by atoms with van der Waals surface area (Å²) >= 11 is 5.91. The van der Waals surface area contributed by atoms with E-state index in [1.807, 2.05) is 0 Å². The van der Waals surface area contributed by atoms with Gasteiger partial charge in [0.15, 0.2) is 0 Å². The molecule has 0 aliphatic carbocycles. The Hall–Kier alpha value is -1.10. The van der Waals surface area contributed by atoms with Gasteiger partial charge >= 0.3 is 0 Å². The molecule has 0 heterocycles. The average molecular weight is 289 g/mol. The summed E-state index contributed by atoms with van der Waals surface area (Å²) in [5.74, 6) is 5.10. The molecule has 2 N–H and O–H groups in total. The number of aliphatic hydroxyl groups is 1. The fourth-order valence-electron chi connectivity index (χ4n) is 1.23. The SMILES string of the molecule is CN(C)NS(=O)(=O)c1ccc(C#CCO)cc1Cl. The lowest BCUT2D eigenvalue weighted by Crippen LogP contribution is -2.36. The van der Waals surface area contributed by atoms with Gasteiger partial charge in [-0.1, -0.05) is 23.4 Å². The van der Waals surface area contributed by atoms with E-state index in [2.05, 4.69) is 16.7 Å². The van der Waals surface area contributed by atoms with Crippen molar-refractivity contribution in [1.82, 2.24) is 9.84 Å². The van der Waals surface area contributed by atoms with Crippen LogP contribution in [0.25, 0.3) is 0 Å². The first-order valence-corrected chi connectivity index (χ1v) is 6.82. The molecule has 0 saturated carbocycles. The molecular formula is C11H13ClN2O3S. The van der Waals surface area contributed by atoms with Crippen LogP contribution in [0.15, 0.2) is 23.1 Å². The third-order valence-corrected chi connectivity index (χ3v) is 3.80. The van der Waals surface area contributed by atoms with Crippen molar-refractivity contribution in [2.45, 2.75) is 4.90 Å². The first-order valence-electron chi connectivity index (χ1n) is 4.96. The maximum absolute atomic E-state index is 11.9. The van der Waals surface area contributed by atoms with Gasteiger partial charge in [0.25, 0.3) is 10.0 Å². The third kappa shape index (κ3) is 3.98. The molecule has 98 valence electrons. The number of rotatable bonds is 3. The van der Waals surface area contributed by atoms with Crippen molar-refractivity contribution in [2.75, 3.05) is 20.7 Å². The van der Waals surface area contributed by atoms with E-state index in [-0.39, 0.29) is 16.5 Å². The van der Waals surface area contributed by atoms with Gasteiger partial charge in [-0.2, -0.15) is 0 Å². The van der Waals surface area contributed by atoms with E-state index in [1.54, 1.807) is 14.1 Å². The van der Waals surface area contributed by atoms with Crippen LogP contribution in [-0.4, -0.2) is 39.2 Å². The van der Waals surface area contributed by atoms with Crippen molar-refractivity contribution in [3.8, 4) is 11.8 Å². The molecule has 0 saturated heterocycles. The van der Waals surface area contributed by atoms with Crippen LogP contribution in [0.4, 0.5) is 0 Å². The number of hydrogen-bond donors (Lipinski definition) is 2. The van der Waals surface area contributed by atoms with Gasteiger partial charge < -0.3 is 5.11 Å². The Balaban J connectivity index is 3.13. The zero-order valence-corrected chi connectivity index (χ0v) is 11.5. The standard InChI is InChI=1S/C11H13ClN2O3S/c1-14(2)13-18(16,17)11-6-5-9(4-3-7-15)8-10(11)12/h5-6,8,13,15H,7H2,1-2H3. The van der Waals surface area contributed by atoms with Gasteiger partial charge in [-0.3, -0.25) is 0 Å². The summed E-state index contributed by atoms with van der Waals surface area (Å²) in [5.41, 5.74) is 0.540. The summed E-state index contributed by atoms with van der Waals surface area (Å²) in [6.45, 7) is -0.264. The van der Waals surface area contributed by atoms with Crippen LogP contribution in [0, 0.1) is 11.8 Å². The minimum atomic E-state index is -3.68. The van der Waals surface area contributed by atoms with E-state index in [1.165, 1.54) is 23.2 Å². The molecule has 0 aromatic heterocycles. The molecule has 1 aromatic rings. The van der Waals surface area contributed by atoms with Crippen LogP contribution in [0.5, 0.6) is 0 Å². The van der Waals surface area contributed by atoms with Crippen molar-refractivity contribution in [3.63, 3.8) is 0 Å². The second-order valence-electron chi connectivity index (χ2n) is 3.59. The lowest BCUT2D eigenvalue weighted by atomic mass is 10.2. The van der Waals surface area contributed by atoms with E-state index in [0.29, 0.717) is 5.56 Å². The molecule has 0 radical (unpaired) electrons. The summed E-state index contributed by atoms with van der Waals surface area (Å²) in [6, 6.07) is 4.34. The molecule has 5 nitrogen and oxygen atoms in total. The quantitative estimate of drug-likeness (QED) is 0.625. The minimum Gasteiger partial charge on any atom is -0.384 e. The lowest BCUT2D eigenvalue weighted by Gasteiger charge is -2.13. The molecule has 0 spiro atoms. The van der Waals surface area contributed by atoms with Crippen molar-refractivity contribution < 1.29 is 13.5 Å². The Labute approximate surface area is 111 Å². The van der Waals surface area contributed by atoms with Crippen LogP contribution in [-0.2, 0) is 10.0 Å². The van der Waals surface area contributed by atoms with Gasteiger partial charge in [-0.05, 0) is 18.2 Å². The number of hydrogen-bond acceptors (Lipinski definition) is 4. The van der Waals surface area contributed by atoms with Gasteiger partial charge in [0, 0.05) is 19.7 Å². The van der Waals surface area contributed by atoms with Gasteiger partial charge in [-0.15, -0.1) is 4.83 Å². The van der Waals surface area contributed by atoms with E-state index in [0.717, 1.165) is 0 Å². The highest BCUT2D eigenvalue weighted by molar-refractivity contribution is 7.89. The molecule has 0 atom stereocenters. The van der Waals surface area contributed by atoms with Crippen LogP contribution in [0.3, 0.4) is 0 Å². The number of sulfonamides is 1. The Morgan fingerprint density at radius 2 is 2.11 bits per heavy atom. The number of halogens is 1. The minimum absolute atomic E-state index is 0.0209. The molecule has 0 aliphatic rings. The average Bonchev–Trinajstić information content (AvgIpc) is 2.24. The normalized spacial score (nSPS) is 11.2. The second kappa shape index (κ2) is 6.18.